The van der Waals surface area contributed by atoms with E-state index < -0.39 is 4.92 Å². The summed E-state index contributed by atoms with van der Waals surface area (Å²) in [5.41, 5.74) is 5.22. The molecule has 0 aromatic heterocycles. The number of nitrogens with one attached hydrogen (secondary N) is 1. The minimum Gasteiger partial charge on any atom is -0.278 e. The van der Waals surface area contributed by atoms with Gasteiger partial charge in [-0.2, -0.15) is 5.10 Å². The van der Waals surface area contributed by atoms with Crippen molar-refractivity contribution in [3.63, 3.8) is 0 Å². The van der Waals surface area contributed by atoms with Gasteiger partial charge < -0.3 is 0 Å². The molecule has 2 bridgehead atoms. The zero-order valence-corrected chi connectivity index (χ0v) is 12.2. The third-order valence-electron chi connectivity index (χ3n) is 4.98. The third kappa shape index (κ3) is 2.44. The summed E-state index contributed by atoms with van der Waals surface area (Å²) in [6.07, 6.45) is 6.51. The maximum atomic E-state index is 10.7. The van der Waals surface area contributed by atoms with E-state index in [9.17, 15) is 10.1 Å². The van der Waals surface area contributed by atoms with E-state index in [1.165, 1.54) is 24.1 Å². The SMILES string of the molecule is CC1(C)C2CC=C(C=NNc3cccc([N+](=O)[O-])c3)C1C2. The van der Waals surface area contributed by atoms with Gasteiger partial charge in [0.25, 0.3) is 5.69 Å². The lowest BCUT2D eigenvalue weighted by Gasteiger charge is -2.55. The zero-order valence-electron chi connectivity index (χ0n) is 12.2. The van der Waals surface area contributed by atoms with E-state index in [0.717, 1.165) is 12.3 Å². The summed E-state index contributed by atoms with van der Waals surface area (Å²) in [5, 5.41) is 15.0. The Kier molecular flexibility index (Phi) is 3.27. The van der Waals surface area contributed by atoms with Crippen LogP contribution in [-0.4, -0.2) is 11.1 Å². The first-order chi connectivity index (χ1) is 9.98. The molecule has 0 heterocycles. The van der Waals surface area contributed by atoms with E-state index in [-0.39, 0.29) is 5.69 Å². The van der Waals surface area contributed by atoms with E-state index in [2.05, 4.69) is 30.5 Å². The van der Waals surface area contributed by atoms with Crippen molar-refractivity contribution in [1.82, 2.24) is 0 Å². The van der Waals surface area contributed by atoms with Gasteiger partial charge in [-0.3, -0.25) is 15.5 Å². The van der Waals surface area contributed by atoms with Crippen molar-refractivity contribution >= 4 is 17.6 Å². The van der Waals surface area contributed by atoms with Gasteiger partial charge in [0, 0.05) is 12.1 Å². The van der Waals surface area contributed by atoms with Crippen molar-refractivity contribution in [2.45, 2.75) is 26.7 Å². The predicted octanol–water partition coefficient (Wildman–Crippen LogP) is 3.98. The van der Waals surface area contributed by atoms with Crippen LogP contribution in [0, 0.1) is 27.4 Å². The van der Waals surface area contributed by atoms with Gasteiger partial charge in [-0.15, -0.1) is 0 Å². The van der Waals surface area contributed by atoms with Crippen LogP contribution in [0.2, 0.25) is 0 Å². The molecule has 1 saturated carbocycles. The Balaban J connectivity index is 1.67. The second kappa shape index (κ2) is 4.98. The fourth-order valence-electron chi connectivity index (χ4n) is 3.42. The number of non-ortho nitro benzene ring substituents is 1. The molecule has 3 aliphatic rings. The number of hydrazone groups is 1. The predicted molar refractivity (Wildman–Crippen MR) is 83.3 cm³/mol. The van der Waals surface area contributed by atoms with Crippen molar-refractivity contribution in [3.05, 3.63) is 46.0 Å². The van der Waals surface area contributed by atoms with Gasteiger partial charge in [0.05, 0.1) is 16.8 Å². The van der Waals surface area contributed by atoms with Gasteiger partial charge in [0.2, 0.25) is 0 Å². The van der Waals surface area contributed by atoms with Gasteiger partial charge in [-0.05, 0) is 41.7 Å². The Hall–Kier alpha value is -2.17. The van der Waals surface area contributed by atoms with Gasteiger partial charge in [-0.25, -0.2) is 0 Å². The molecule has 3 aliphatic carbocycles. The molecule has 2 atom stereocenters. The topological polar surface area (TPSA) is 67.5 Å². The molecule has 5 nitrogen and oxygen atoms in total. The fraction of sp³-hybridized carbons (Fsp3) is 0.438. The van der Waals surface area contributed by atoms with Crippen LogP contribution in [0.3, 0.4) is 0 Å². The minimum absolute atomic E-state index is 0.0649. The van der Waals surface area contributed by atoms with Crippen molar-refractivity contribution in [3.8, 4) is 0 Å². The lowest BCUT2D eigenvalue weighted by Crippen LogP contribution is -2.48. The monoisotopic (exact) mass is 285 g/mol. The maximum absolute atomic E-state index is 10.7. The molecule has 1 N–H and O–H groups in total. The van der Waals surface area contributed by atoms with Gasteiger partial charge >= 0.3 is 0 Å². The lowest BCUT2D eigenvalue weighted by molar-refractivity contribution is -0.384. The number of nitro groups is 1. The van der Waals surface area contributed by atoms with Crippen LogP contribution in [0.4, 0.5) is 11.4 Å². The van der Waals surface area contributed by atoms with Crippen LogP contribution in [0.25, 0.3) is 0 Å². The first kappa shape index (κ1) is 13.8. The van der Waals surface area contributed by atoms with Crippen LogP contribution in [0.5, 0.6) is 0 Å². The van der Waals surface area contributed by atoms with Crippen LogP contribution in [0.15, 0.2) is 41.0 Å². The standard InChI is InChI=1S/C16H19N3O2/c1-16(2)12-7-6-11(15(16)8-12)10-17-18-13-4-3-5-14(9-13)19(20)21/h3-6,9-10,12,15,18H,7-8H2,1-2H3. The Morgan fingerprint density at radius 1 is 1.48 bits per heavy atom. The summed E-state index contributed by atoms with van der Waals surface area (Å²) in [6.45, 7) is 4.64. The molecule has 0 radical (unpaired) electrons. The summed E-state index contributed by atoms with van der Waals surface area (Å²) < 4.78 is 0. The van der Waals surface area contributed by atoms with Crippen molar-refractivity contribution in [2.24, 2.45) is 22.4 Å². The summed E-state index contributed by atoms with van der Waals surface area (Å²) in [4.78, 5) is 10.3. The molecular formula is C16H19N3O2. The number of nitrogens with zero attached hydrogens (tertiary/aromatic N) is 2. The number of hydrogen-bond donors (Lipinski definition) is 1. The molecule has 0 spiro atoms. The number of allylic oxidation sites excluding steroid dienone is 2. The second-order valence-electron chi connectivity index (χ2n) is 6.42. The molecule has 5 heteroatoms. The number of anilines is 1. The van der Waals surface area contributed by atoms with E-state index in [4.69, 9.17) is 0 Å². The number of rotatable bonds is 4. The molecular weight excluding hydrogens is 266 g/mol. The van der Waals surface area contributed by atoms with Crippen LogP contribution >= 0.6 is 0 Å². The first-order valence-electron chi connectivity index (χ1n) is 7.22. The first-order valence-corrected chi connectivity index (χ1v) is 7.22. The van der Waals surface area contributed by atoms with Crippen LogP contribution < -0.4 is 5.43 Å². The lowest BCUT2D eigenvalue weighted by atomic mass is 9.49. The Morgan fingerprint density at radius 2 is 2.29 bits per heavy atom. The highest BCUT2D eigenvalue weighted by Crippen LogP contribution is 2.58. The summed E-state index contributed by atoms with van der Waals surface area (Å²) in [5.74, 6) is 1.40. The molecule has 110 valence electrons. The Morgan fingerprint density at radius 3 is 2.95 bits per heavy atom. The molecule has 4 rings (SSSR count). The number of benzene rings is 1. The molecule has 0 aliphatic heterocycles. The highest BCUT2D eigenvalue weighted by atomic mass is 16.6. The summed E-state index contributed by atoms with van der Waals surface area (Å²) in [7, 11) is 0. The van der Waals surface area contributed by atoms with Gasteiger partial charge in [0.1, 0.15) is 0 Å². The van der Waals surface area contributed by atoms with E-state index in [1.807, 2.05) is 6.21 Å². The zero-order chi connectivity index (χ0) is 15.0. The highest BCUT2D eigenvalue weighted by Gasteiger charge is 2.50. The van der Waals surface area contributed by atoms with Gasteiger partial charge in [-0.1, -0.05) is 26.0 Å². The van der Waals surface area contributed by atoms with Crippen LogP contribution in [-0.2, 0) is 0 Å². The van der Waals surface area contributed by atoms with Crippen LogP contribution in [0.1, 0.15) is 26.7 Å². The fourth-order valence-corrected chi connectivity index (χ4v) is 3.42. The molecule has 1 aromatic carbocycles. The van der Waals surface area contributed by atoms with Crippen molar-refractivity contribution in [1.29, 1.82) is 0 Å². The molecule has 0 amide bonds. The third-order valence-corrected chi connectivity index (χ3v) is 4.98. The molecule has 0 saturated heterocycles. The average Bonchev–Trinajstić information content (AvgIpc) is 2.47. The maximum Gasteiger partial charge on any atom is 0.271 e. The van der Waals surface area contributed by atoms with E-state index in [1.54, 1.807) is 12.1 Å². The summed E-state index contributed by atoms with van der Waals surface area (Å²) in [6, 6.07) is 6.36. The number of hydrogen-bond acceptors (Lipinski definition) is 4. The Labute approximate surface area is 123 Å². The normalized spacial score (nSPS) is 26.1. The minimum atomic E-state index is -0.407. The molecule has 21 heavy (non-hydrogen) atoms. The smallest absolute Gasteiger partial charge is 0.271 e. The molecule has 1 fully saturated rings. The average molecular weight is 285 g/mol. The van der Waals surface area contributed by atoms with Crippen molar-refractivity contribution in [2.75, 3.05) is 5.43 Å². The highest BCUT2D eigenvalue weighted by molar-refractivity contribution is 5.81. The van der Waals surface area contributed by atoms with E-state index >= 15 is 0 Å². The Bertz CT molecular complexity index is 634. The van der Waals surface area contributed by atoms with Crippen molar-refractivity contribution < 1.29 is 4.92 Å². The summed E-state index contributed by atoms with van der Waals surface area (Å²) >= 11 is 0. The number of nitro benzene ring substituents is 1. The van der Waals surface area contributed by atoms with E-state index in [0.29, 0.717) is 17.0 Å². The molecule has 2 unspecified atom stereocenters. The molecule has 1 aromatic rings. The second-order valence-corrected chi connectivity index (χ2v) is 6.42. The largest absolute Gasteiger partial charge is 0.278 e. The quantitative estimate of drug-likeness (QED) is 0.517. The number of fused-ring (bicyclic) bond motifs is 1. The van der Waals surface area contributed by atoms with Gasteiger partial charge in [0.15, 0.2) is 0 Å².